The molecule has 36 heteroatoms. The van der Waals surface area contributed by atoms with Crippen molar-refractivity contribution in [2.75, 3.05) is 119 Å². The van der Waals surface area contributed by atoms with Crippen molar-refractivity contribution >= 4 is 128 Å². The molecule has 1 aliphatic carbocycles. The minimum atomic E-state index is -1.23. The third-order valence-electron chi connectivity index (χ3n) is 20.2. The van der Waals surface area contributed by atoms with E-state index in [1.54, 1.807) is 35.1 Å². The van der Waals surface area contributed by atoms with Gasteiger partial charge in [0.1, 0.15) is 84.6 Å². The number of halogens is 2. The highest BCUT2D eigenvalue weighted by Crippen LogP contribution is 2.46. The van der Waals surface area contributed by atoms with Crippen LogP contribution in [0.3, 0.4) is 0 Å². The zero-order valence-electron chi connectivity index (χ0n) is 68.2. The molecular weight excluding hydrogens is 1700 g/mol. The second-order valence-corrected chi connectivity index (χ2v) is 57.0. The van der Waals surface area contributed by atoms with Crippen molar-refractivity contribution < 1.29 is 83.9 Å². The fraction of sp³-hybridized carbons (Fsp3) is 0.610. The number of allylic oxidation sites excluding steroid dienone is 2. The van der Waals surface area contributed by atoms with E-state index in [1.165, 1.54) is 19.1 Å². The molecule has 17 N–H and O–H groups in total. The van der Waals surface area contributed by atoms with Gasteiger partial charge in [-0.3, -0.25) is 0 Å². The number of amidine groups is 3. The third-order valence-corrected chi connectivity index (χ3v) is 29.3. The van der Waals surface area contributed by atoms with Crippen LogP contribution in [0.4, 0.5) is 0 Å². The summed E-state index contributed by atoms with van der Waals surface area (Å²) >= 11 is 11.9. The predicted octanol–water partition coefficient (Wildman–Crippen LogP) is 5.94. The second-order valence-electron chi connectivity index (χ2n) is 33.3. The number of aliphatic hydroxyl groups is 9. The van der Waals surface area contributed by atoms with Gasteiger partial charge in [0, 0.05) is 59.3 Å². The third kappa shape index (κ3) is 27.1. The quantitative estimate of drug-likeness (QED) is 0.0445. The van der Waals surface area contributed by atoms with Crippen LogP contribution in [0, 0.1) is 23.5 Å². The summed E-state index contributed by atoms with van der Waals surface area (Å²) in [5.74, 6) is 1.84. The summed E-state index contributed by atoms with van der Waals surface area (Å²) in [4.78, 5) is 19.9. The van der Waals surface area contributed by atoms with Crippen molar-refractivity contribution in [3.8, 4) is 0 Å². The van der Waals surface area contributed by atoms with E-state index in [0.29, 0.717) is 75.3 Å². The highest BCUT2D eigenvalue weighted by atomic mass is 79.9. The van der Waals surface area contributed by atoms with Crippen LogP contribution >= 0.6 is 78.5 Å². The molecule has 0 spiro atoms. The number of nitrogens with zero attached hydrogens (tertiary/aromatic N) is 7. The molecule has 9 aliphatic rings. The van der Waals surface area contributed by atoms with Gasteiger partial charge in [0.2, 0.25) is 0 Å². The van der Waals surface area contributed by atoms with E-state index in [2.05, 4.69) is 176 Å². The number of aryl methyl sites for hydroxylation is 2. The Labute approximate surface area is 691 Å². The lowest BCUT2D eigenvalue weighted by molar-refractivity contribution is -0.0708. The van der Waals surface area contributed by atoms with Gasteiger partial charge in [0.15, 0.2) is 40.4 Å². The maximum absolute atomic E-state index is 10.6. The Hall–Kier alpha value is -3.77. The first-order valence-corrected chi connectivity index (χ1v) is 54.3. The molecular formula is C77H128Br2N11O17P5S. The number of dihydropyridines is 1. The van der Waals surface area contributed by atoms with Gasteiger partial charge in [-0.2, -0.15) is 0 Å². The molecule has 0 saturated carbocycles. The maximum Gasteiger partial charge on any atom is 0.199 e. The molecule has 1 aromatic heterocycles. The van der Waals surface area contributed by atoms with E-state index in [-0.39, 0.29) is 47.9 Å². The highest BCUT2D eigenvalue weighted by Gasteiger charge is 2.51. The number of hydrogen-bond donors (Lipinski definition) is 13. The van der Waals surface area contributed by atoms with Gasteiger partial charge in [-0.05, 0) is 192 Å². The normalized spacial score (nSPS) is 32.8. The Bertz CT molecular complexity index is 4080. The second kappa shape index (κ2) is 41.0. The summed E-state index contributed by atoms with van der Waals surface area (Å²) in [7, 11) is 6.35. The zero-order chi connectivity index (χ0) is 85.4. The molecule has 5 fully saturated rings. The lowest BCUT2D eigenvalue weighted by atomic mass is 9.86. The molecule has 0 amide bonds. The smallest absolute Gasteiger partial charge is 0.199 e. The Morgan fingerprint density at radius 1 is 0.496 bits per heavy atom. The summed E-state index contributed by atoms with van der Waals surface area (Å²) in [6.07, 6.45) is 25.8. The summed E-state index contributed by atoms with van der Waals surface area (Å²) in [6, 6.07) is 0. The Morgan fingerprint density at radius 3 is 1.29 bits per heavy atom. The molecule has 28 nitrogen and oxygen atoms in total. The van der Waals surface area contributed by atoms with Crippen molar-refractivity contribution in [1.82, 2.24) is 19.4 Å². The van der Waals surface area contributed by atoms with Crippen LogP contribution < -0.4 is 22.9 Å². The predicted molar refractivity (Wildman–Crippen MR) is 481 cm³/mol. The number of aliphatic hydroxyl groups excluding tert-OH is 9. The van der Waals surface area contributed by atoms with Crippen molar-refractivity contribution in [3.05, 3.63) is 128 Å². The molecule has 0 radical (unpaired) electrons. The topological polar surface area (TPSA) is 421 Å². The molecule has 0 aromatic carbocycles. The fourth-order valence-electron chi connectivity index (χ4n) is 13.5. The Balaban J connectivity index is 0.000000220. The SMILES string of the molecule is C=C1C=C(N)C(Br)=C[C@@H]1C1O[C@H](CCP(=C)(C)C)[C@@H](O)[C@H]1O.C=C1N=C(N)C(Br)=C[C@@H]1C1O[C@H](CCP(=C)(C)C)[C@@H](O)[C@H]1O.C=C1N=C(N)C(OC)=CN1C1O[C@H](CCP(=C)(C)C)[C@@H](O)[C@H]1O.C=C1N=C(N)C(OC)=CN1C1O[C@H](CCP(=C)(C)C)[C@@H](O)[C@H]1OC.C=P(C)(C)CC[C@H]1OC(c2cn(C)c(=S)nc2C)[C@H](O)[C@@H]1O. The average molecular weight is 1830 g/mol. The van der Waals surface area contributed by atoms with Crippen LogP contribution in [0.25, 0.3) is 0 Å². The van der Waals surface area contributed by atoms with E-state index < -0.39 is 132 Å². The summed E-state index contributed by atoms with van der Waals surface area (Å²) < 4.78 is 49.3. The van der Waals surface area contributed by atoms with E-state index in [0.717, 1.165) is 58.5 Å². The number of hydrogen-bond acceptors (Lipinski definition) is 28. The monoisotopic (exact) mass is 1820 g/mol. The van der Waals surface area contributed by atoms with Crippen molar-refractivity contribution in [2.45, 2.75) is 161 Å². The molecule has 5 unspecified atom stereocenters. The van der Waals surface area contributed by atoms with Crippen LogP contribution in [0.5, 0.6) is 0 Å². The van der Waals surface area contributed by atoms with Gasteiger partial charge in [0.25, 0.3) is 0 Å². The Morgan fingerprint density at radius 2 is 0.867 bits per heavy atom. The standard InChI is InChI=1S/C16H25BrNO3P.C16H28N3O4P.C15H24BrN2O3P.C15H26N3O4P.C15H25N2O3PS/c1-9-7-12(18)11(17)8-10(9)16-15(20)14(19)13(21-16)5-6-22(2,3)4;1-10-18-15(17)12(21-2)9-19(10)16-14(22-3)13(20)11(23-16)7-8-24(4,5)6;1-8-9(7-10(16)15(17)18-8)14-13(20)12(19)11(21-14)5-6-22(2,3)4;1-9-17-14(16)11(21-2)8-18(9)15-13(20)12(19)10(22-15)6-7-23(3,4)5;1-9-10(8-17(2)15(22)16-9)14-13(19)12(18)11(20-14)6-7-21(3,4)5/h7-8,10,13-16,19-20H,1-2,5-6,18H2,3-4H3;9,11,13-14,16,20H,1,4,7-8H2,2-3,5-6H3,(H2,17,18);7,9,11-14,19-20H,1-2,5-6H2,3-4H3,(H2,17,18);8,10,12-13,15,19-20H,1,3,6-7H2,2,4-5H3,(H2,16,17);8,11-14,18-19H,3,6-7H2,1-2,4-5H3/t10-,13+,14+,15+,16?;11-,13-,14-,16?;9-,11+,12+,13+,14?;10-,12-,13-,15?;11-,12-,13-,14?/m01011/s1. The summed E-state index contributed by atoms with van der Waals surface area (Å²) in [5, 5.41) is 93.0. The van der Waals surface area contributed by atoms with Crippen LogP contribution in [0.15, 0.2) is 127 Å². The maximum atomic E-state index is 10.6. The lowest BCUT2D eigenvalue weighted by Gasteiger charge is -2.32. The first-order chi connectivity index (χ1) is 52.1. The minimum Gasteiger partial charge on any atom is -0.491 e. The van der Waals surface area contributed by atoms with Crippen molar-refractivity contribution in [3.63, 3.8) is 0 Å². The van der Waals surface area contributed by atoms with Crippen LogP contribution in [0.2, 0.25) is 0 Å². The van der Waals surface area contributed by atoms with Crippen LogP contribution in [0.1, 0.15) is 49.5 Å². The van der Waals surface area contributed by atoms with Crippen LogP contribution in [-0.2, 0) is 44.9 Å². The van der Waals surface area contributed by atoms with Gasteiger partial charge >= 0.3 is 0 Å². The molecule has 9 heterocycles. The molecule has 8 aliphatic heterocycles. The lowest BCUT2D eigenvalue weighted by Crippen LogP contribution is -2.43. The molecule has 10 rings (SSSR count). The first kappa shape index (κ1) is 98.1. The first-order valence-electron chi connectivity index (χ1n) is 37.0. The van der Waals surface area contributed by atoms with Gasteiger partial charge in [0.05, 0.1) is 73.8 Å². The van der Waals surface area contributed by atoms with E-state index in [9.17, 15) is 46.0 Å². The molecule has 638 valence electrons. The Kier molecular flexibility index (Phi) is 35.6. The van der Waals surface area contributed by atoms with Gasteiger partial charge < -0.3 is 121 Å². The van der Waals surface area contributed by atoms with Gasteiger partial charge in [-0.25, -0.2) is 20.0 Å². The zero-order valence-corrected chi connectivity index (χ0v) is 76.7. The van der Waals surface area contributed by atoms with Gasteiger partial charge in [-0.15, -0.1) is 65.9 Å². The number of nitrogens with two attached hydrogens (primary N) is 4. The molecule has 0 bridgehead atoms. The number of ether oxygens (including phenoxy) is 8. The summed E-state index contributed by atoms with van der Waals surface area (Å²) in [5.41, 5.74) is 26.5. The molecule has 1 aromatic rings. The minimum absolute atomic E-state index is 0.195. The van der Waals surface area contributed by atoms with E-state index in [1.807, 2.05) is 32.3 Å². The van der Waals surface area contributed by atoms with Crippen molar-refractivity contribution in [2.24, 2.45) is 56.8 Å². The van der Waals surface area contributed by atoms with Crippen LogP contribution in [-0.4, -0.2) is 349 Å². The number of aliphatic imine (C=N–C) groups is 3. The average Bonchev–Trinajstić information content (AvgIpc) is 1.68. The largest absolute Gasteiger partial charge is 0.491 e. The van der Waals surface area contributed by atoms with Crippen molar-refractivity contribution in [1.29, 1.82) is 0 Å². The molecule has 5 saturated heterocycles. The van der Waals surface area contributed by atoms with E-state index in [4.69, 9.17) is 73.0 Å². The van der Waals surface area contributed by atoms with Gasteiger partial charge in [-0.1, -0.05) is 38.5 Å². The fourth-order valence-corrected chi connectivity index (χ4v) is 19.3. The number of rotatable bonds is 23. The number of methoxy groups -OCH3 is 3. The highest BCUT2D eigenvalue weighted by molar-refractivity contribution is 9.12. The van der Waals surface area contributed by atoms with E-state index >= 15 is 0 Å². The summed E-state index contributed by atoms with van der Waals surface area (Å²) in [6.45, 7) is 32.9. The number of aromatic nitrogens is 2. The molecule has 113 heavy (non-hydrogen) atoms. The molecule has 22 atom stereocenters.